The maximum absolute atomic E-state index is 11.4. The Kier molecular flexibility index (Phi) is 5.44. The average Bonchev–Trinajstić information content (AvgIpc) is 2.35. The standard InChI is InChI=1S/C13H16N2O3/c1-2-9-14-13(18)15-11-6-3-10(4-7-11)5-8-12(16)17/h3-8H,2,9H2,1H3,(H,16,17)(H2,14,15,18)/b8-5+. The number of nitrogens with one attached hydrogen (secondary N) is 2. The molecule has 3 N–H and O–H groups in total. The van der Waals surface area contributed by atoms with Gasteiger partial charge in [0.15, 0.2) is 0 Å². The van der Waals surface area contributed by atoms with Gasteiger partial charge in [0.1, 0.15) is 0 Å². The Morgan fingerprint density at radius 1 is 1.28 bits per heavy atom. The molecule has 0 atom stereocenters. The second-order valence-corrected chi connectivity index (χ2v) is 3.67. The van der Waals surface area contributed by atoms with E-state index in [-0.39, 0.29) is 6.03 Å². The molecule has 5 nitrogen and oxygen atoms in total. The summed E-state index contributed by atoms with van der Waals surface area (Å²) >= 11 is 0. The van der Waals surface area contributed by atoms with E-state index in [0.717, 1.165) is 18.1 Å². The molecule has 0 radical (unpaired) electrons. The van der Waals surface area contributed by atoms with Crippen LogP contribution in [-0.2, 0) is 4.79 Å². The number of urea groups is 1. The van der Waals surface area contributed by atoms with E-state index in [1.165, 1.54) is 6.08 Å². The molecule has 5 heteroatoms. The van der Waals surface area contributed by atoms with Gasteiger partial charge in [-0.25, -0.2) is 9.59 Å². The van der Waals surface area contributed by atoms with Crippen molar-refractivity contribution >= 4 is 23.8 Å². The van der Waals surface area contributed by atoms with Gasteiger partial charge in [-0.3, -0.25) is 0 Å². The molecule has 1 aromatic rings. The second-order valence-electron chi connectivity index (χ2n) is 3.67. The molecule has 18 heavy (non-hydrogen) atoms. The van der Waals surface area contributed by atoms with Gasteiger partial charge in [-0.2, -0.15) is 0 Å². The maximum atomic E-state index is 11.4. The van der Waals surface area contributed by atoms with Crippen LogP contribution in [0, 0.1) is 0 Å². The van der Waals surface area contributed by atoms with E-state index in [0.29, 0.717) is 12.2 Å². The minimum Gasteiger partial charge on any atom is -0.478 e. The molecule has 1 aromatic carbocycles. The first-order chi connectivity index (χ1) is 8.61. The molecule has 2 amide bonds. The van der Waals surface area contributed by atoms with Crippen LogP contribution in [0.1, 0.15) is 18.9 Å². The maximum Gasteiger partial charge on any atom is 0.328 e. The molecule has 0 spiro atoms. The van der Waals surface area contributed by atoms with E-state index in [2.05, 4.69) is 10.6 Å². The van der Waals surface area contributed by atoms with Crippen molar-refractivity contribution in [2.45, 2.75) is 13.3 Å². The zero-order valence-corrected chi connectivity index (χ0v) is 10.1. The van der Waals surface area contributed by atoms with Crippen molar-refractivity contribution in [3.8, 4) is 0 Å². The molecule has 0 aromatic heterocycles. The number of anilines is 1. The third-order valence-corrected chi connectivity index (χ3v) is 2.12. The van der Waals surface area contributed by atoms with Crippen molar-refractivity contribution < 1.29 is 14.7 Å². The number of hydrogen-bond donors (Lipinski definition) is 3. The summed E-state index contributed by atoms with van der Waals surface area (Å²) < 4.78 is 0. The third-order valence-electron chi connectivity index (χ3n) is 2.12. The number of carbonyl (C=O) groups is 2. The molecule has 0 unspecified atom stereocenters. The lowest BCUT2D eigenvalue weighted by atomic mass is 10.2. The van der Waals surface area contributed by atoms with Gasteiger partial charge in [-0.05, 0) is 30.2 Å². The Morgan fingerprint density at radius 3 is 2.50 bits per heavy atom. The van der Waals surface area contributed by atoms with Crippen molar-refractivity contribution in [2.75, 3.05) is 11.9 Å². The van der Waals surface area contributed by atoms with Crippen LogP contribution in [-0.4, -0.2) is 23.7 Å². The largest absolute Gasteiger partial charge is 0.478 e. The number of rotatable bonds is 5. The summed E-state index contributed by atoms with van der Waals surface area (Å²) in [7, 11) is 0. The van der Waals surface area contributed by atoms with E-state index >= 15 is 0 Å². The number of hydrogen-bond acceptors (Lipinski definition) is 2. The van der Waals surface area contributed by atoms with Gasteiger partial charge in [0.2, 0.25) is 0 Å². The molecule has 0 aliphatic rings. The molecular formula is C13H16N2O3. The number of aliphatic carboxylic acids is 1. The fourth-order valence-electron chi connectivity index (χ4n) is 1.26. The highest BCUT2D eigenvalue weighted by Crippen LogP contribution is 2.10. The fraction of sp³-hybridized carbons (Fsp3) is 0.231. The predicted molar refractivity (Wildman–Crippen MR) is 70.4 cm³/mol. The molecule has 0 bridgehead atoms. The molecule has 0 saturated carbocycles. The minimum atomic E-state index is -0.990. The molecule has 0 saturated heterocycles. The van der Waals surface area contributed by atoms with Crippen molar-refractivity contribution in [1.82, 2.24) is 5.32 Å². The van der Waals surface area contributed by atoms with Gasteiger partial charge >= 0.3 is 12.0 Å². The lowest BCUT2D eigenvalue weighted by molar-refractivity contribution is -0.131. The number of amides is 2. The first-order valence-corrected chi connectivity index (χ1v) is 5.67. The minimum absolute atomic E-state index is 0.245. The first-order valence-electron chi connectivity index (χ1n) is 5.67. The predicted octanol–water partition coefficient (Wildman–Crippen LogP) is 2.32. The van der Waals surface area contributed by atoms with Crippen molar-refractivity contribution in [3.63, 3.8) is 0 Å². The quantitative estimate of drug-likeness (QED) is 0.700. The Bertz CT molecular complexity index is 438. The summed E-state index contributed by atoms with van der Waals surface area (Å²) in [5.41, 5.74) is 1.42. The highest BCUT2D eigenvalue weighted by Gasteiger charge is 1.99. The Hall–Kier alpha value is -2.30. The molecule has 1 rings (SSSR count). The number of benzene rings is 1. The highest BCUT2D eigenvalue weighted by atomic mass is 16.4. The van der Waals surface area contributed by atoms with Gasteiger partial charge in [0.05, 0.1) is 0 Å². The zero-order chi connectivity index (χ0) is 13.4. The summed E-state index contributed by atoms with van der Waals surface area (Å²) in [5, 5.41) is 13.9. The van der Waals surface area contributed by atoms with Gasteiger partial charge in [-0.1, -0.05) is 19.1 Å². The van der Waals surface area contributed by atoms with Gasteiger partial charge in [0, 0.05) is 18.3 Å². The smallest absolute Gasteiger partial charge is 0.328 e. The Balaban J connectivity index is 2.55. The van der Waals surface area contributed by atoms with Crippen LogP contribution in [0.5, 0.6) is 0 Å². The van der Waals surface area contributed by atoms with Crippen LogP contribution in [0.2, 0.25) is 0 Å². The molecule has 0 aliphatic carbocycles. The summed E-state index contributed by atoms with van der Waals surface area (Å²) in [4.78, 5) is 21.7. The molecular weight excluding hydrogens is 232 g/mol. The normalized spacial score (nSPS) is 10.3. The van der Waals surface area contributed by atoms with Crippen LogP contribution in [0.25, 0.3) is 6.08 Å². The van der Waals surface area contributed by atoms with E-state index < -0.39 is 5.97 Å². The van der Waals surface area contributed by atoms with Crippen LogP contribution in [0.15, 0.2) is 30.3 Å². The molecule has 96 valence electrons. The fourth-order valence-corrected chi connectivity index (χ4v) is 1.26. The van der Waals surface area contributed by atoms with E-state index in [4.69, 9.17) is 5.11 Å². The van der Waals surface area contributed by atoms with Gasteiger partial charge < -0.3 is 15.7 Å². The van der Waals surface area contributed by atoms with Gasteiger partial charge in [-0.15, -0.1) is 0 Å². The zero-order valence-electron chi connectivity index (χ0n) is 10.1. The van der Waals surface area contributed by atoms with Crippen molar-refractivity contribution in [3.05, 3.63) is 35.9 Å². The summed E-state index contributed by atoms with van der Waals surface area (Å²) in [6, 6.07) is 6.65. The second kappa shape index (κ2) is 7.11. The monoisotopic (exact) mass is 248 g/mol. The number of carboxylic acids is 1. The van der Waals surface area contributed by atoms with Crippen LogP contribution < -0.4 is 10.6 Å². The van der Waals surface area contributed by atoms with Crippen LogP contribution in [0.4, 0.5) is 10.5 Å². The lowest BCUT2D eigenvalue weighted by Crippen LogP contribution is -2.29. The van der Waals surface area contributed by atoms with Gasteiger partial charge in [0.25, 0.3) is 0 Å². The topological polar surface area (TPSA) is 78.4 Å². The van der Waals surface area contributed by atoms with Crippen LogP contribution >= 0.6 is 0 Å². The van der Waals surface area contributed by atoms with E-state index in [9.17, 15) is 9.59 Å². The average molecular weight is 248 g/mol. The Labute approximate surface area is 106 Å². The summed E-state index contributed by atoms with van der Waals surface area (Å²) in [6.07, 6.45) is 3.44. The SMILES string of the molecule is CCCNC(=O)Nc1ccc(/C=C/C(=O)O)cc1. The first kappa shape index (κ1) is 13.8. The highest BCUT2D eigenvalue weighted by molar-refractivity contribution is 5.89. The van der Waals surface area contributed by atoms with Crippen LogP contribution in [0.3, 0.4) is 0 Å². The van der Waals surface area contributed by atoms with Crippen molar-refractivity contribution in [2.24, 2.45) is 0 Å². The summed E-state index contributed by atoms with van der Waals surface area (Å²) in [5.74, 6) is -0.990. The number of carboxylic acid groups (broad SMARTS) is 1. The molecule has 0 heterocycles. The van der Waals surface area contributed by atoms with E-state index in [1.54, 1.807) is 24.3 Å². The molecule has 0 aliphatic heterocycles. The summed E-state index contributed by atoms with van der Waals surface area (Å²) in [6.45, 7) is 2.61. The third kappa shape index (κ3) is 5.16. The Morgan fingerprint density at radius 2 is 1.94 bits per heavy atom. The molecule has 0 fully saturated rings. The van der Waals surface area contributed by atoms with Crippen molar-refractivity contribution in [1.29, 1.82) is 0 Å². The lowest BCUT2D eigenvalue weighted by Gasteiger charge is -2.06. The van der Waals surface area contributed by atoms with E-state index in [1.807, 2.05) is 6.92 Å². The number of carbonyl (C=O) groups excluding carboxylic acids is 1.